The summed E-state index contributed by atoms with van der Waals surface area (Å²) in [6, 6.07) is 17.1. The van der Waals surface area contributed by atoms with E-state index in [2.05, 4.69) is 5.32 Å². The molecule has 0 radical (unpaired) electrons. The number of benzene rings is 3. The van der Waals surface area contributed by atoms with Gasteiger partial charge in [-0.05, 0) is 48.6 Å². The van der Waals surface area contributed by atoms with Gasteiger partial charge in [0.25, 0.3) is 0 Å². The standard InChI is InChI=1S/C26H26F2N2O3S/c27-21-17-23(20-7-3-1-4-8-20)26(24(28)18-21)29-25(31)14-11-19-9-12-22(13-10-19)34(32,33)30-15-5-2-6-16-30/h1,3-4,7-10,12-13,17-18H,2,5-6,11,14-16H2,(H,29,31). The van der Waals surface area contributed by atoms with Crippen LogP contribution in [0.25, 0.3) is 11.1 Å². The van der Waals surface area contributed by atoms with E-state index in [4.69, 9.17) is 0 Å². The number of halogens is 2. The molecule has 3 aromatic carbocycles. The van der Waals surface area contributed by atoms with Gasteiger partial charge in [0.2, 0.25) is 15.9 Å². The summed E-state index contributed by atoms with van der Waals surface area (Å²) in [4.78, 5) is 12.8. The van der Waals surface area contributed by atoms with Crippen LogP contribution in [0.5, 0.6) is 0 Å². The zero-order valence-corrected chi connectivity index (χ0v) is 19.5. The fourth-order valence-corrected chi connectivity index (χ4v) is 5.61. The summed E-state index contributed by atoms with van der Waals surface area (Å²) in [5.74, 6) is -2.00. The molecule has 4 rings (SSSR count). The number of carbonyl (C=O) groups excluding carboxylic acids is 1. The average Bonchev–Trinajstić information content (AvgIpc) is 2.85. The molecule has 1 fully saturated rings. The molecule has 0 atom stereocenters. The van der Waals surface area contributed by atoms with E-state index >= 15 is 0 Å². The van der Waals surface area contributed by atoms with Crippen LogP contribution in [0.2, 0.25) is 0 Å². The maximum atomic E-state index is 14.5. The minimum absolute atomic E-state index is 0.0588. The molecule has 5 nitrogen and oxygen atoms in total. The molecule has 1 heterocycles. The third-order valence-corrected chi connectivity index (χ3v) is 7.83. The fraction of sp³-hybridized carbons (Fsp3) is 0.269. The van der Waals surface area contributed by atoms with E-state index in [1.54, 1.807) is 54.6 Å². The molecule has 178 valence electrons. The Hall–Kier alpha value is -3.10. The number of piperidine rings is 1. The van der Waals surface area contributed by atoms with E-state index < -0.39 is 27.6 Å². The maximum Gasteiger partial charge on any atom is 0.243 e. The molecule has 0 unspecified atom stereocenters. The first-order chi connectivity index (χ1) is 16.3. The number of hydrogen-bond donors (Lipinski definition) is 1. The van der Waals surface area contributed by atoms with E-state index in [9.17, 15) is 22.0 Å². The normalized spacial score (nSPS) is 14.6. The summed E-state index contributed by atoms with van der Waals surface area (Å²) < 4.78 is 55.4. The molecule has 0 saturated carbocycles. The summed E-state index contributed by atoms with van der Waals surface area (Å²) in [6.07, 6.45) is 3.18. The quantitative estimate of drug-likeness (QED) is 0.490. The lowest BCUT2D eigenvalue weighted by Crippen LogP contribution is -2.35. The van der Waals surface area contributed by atoms with Crippen LogP contribution in [0.4, 0.5) is 14.5 Å². The van der Waals surface area contributed by atoms with Crippen molar-refractivity contribution in [3.8, 4) is 11.1 Å². The third-order valence-electron chi connectivity index (χ3n) is 5.92. The van der Waals surface area contributed by atoms with Gasteiger partial charge in [-0.2, -0.15) is 4.31 Å². The number of anilines is 1. The van der Waals surface area contributed by atoms with Crippen LogP contribution in [-0.2, 0) is 21.2 Å². The molecule has 1 saturated heterocycles. The van der Waals surface area contributed by atoms with Gasteiger partial charge < -0.3 is 5.32 Å². The second-order valence-corrected chi connectivity index (χ2v) is 10.3. The van der Waals surface area contributed by atoms with Crippen LogP contribution in [0.15, 0.2) is 71.6 Å². The Kier molecular flexibility index (Phi) is 7.38. The summed E-state index contributed by atoms with van der Waals surface area (Å²) in [5.41, 5.74) is 1.57. The molecule has 34 heavy (non-hydrogen) atoms. The zero-order chi connectivity index (χ0) is 24.1. The molecule has 8 heteroatoms. The van der Waals surface area contributed by atoms with Crippen molar-refractivity contribution in [2.75, 3.05) is 18.4 Å². The van der Waals surface area contributed by atoms with Crippen molar-refractivity contribution in [1.29, 1.82) is 0 Å². The predicted molar refractivity (Wildman–Crippen MR) is 128 cm³/mol. The Bertz CT molecular complexity index is 1260. The van der Waals surface area contributed by atoms with Gasteiger partial charge >= 0.3 is 0 Å². The first-order valence-corrected chi connectivity index (χ1v) is 12.7. The fourth-order valence-electron chi connectivity index (χ4n) is 4.09. The largest absolute Gasteiger partial charge is 0.323 e. The Morgan fingerprint density at radius 3 is 2.26 bits per heavy atom. The van der Waals surface area contributed by atoms with Crippen molar-refractivity contribution in [3.63, 3.8) is 0 Å². The molecule has 0 aliphatic carbocycles. The Morgan fingerprint density at radius 2 is 1.59 bits per heavy atom. The molecule has 1 aliphatic heterocycles. The minimum Gasteiger partial charge on any atom is -0.323 e. The SMILES string of the molecule is O=C(CCc1ccc(S(=O)(=O)N2CCCCC2)cc1)Nc1c(F)cc(F)cc1-c1ccccc1. The lowest BCUT2D eigenvalue weighted by Gasteiger charge is -2.25. The highest BCUT2D eigenvalue weighted by atomic mass is 32.2. The van der Waals surface area contributed by atoms with Crippen molar-refractivity contribution >= 4 is 21.6 Å². The van der Waals surface area contributed by atoms with Gasteiger partial charge in [-0.1, -0.05) is 48.9 Å². The highest BCUT2D eigenvalue weighted by molar-refractivity contribution is 7.89. The van der Waals surface area contributed by atoms with E-state index in [1.807, 2.05) is 0 Å². The molecule has 0 aromatic heterocycles. The van der Waals surface area contributed by atoms with Gasteiger partial charge in [-0.3, -0.25) is 4.79 Å². The number of carbonyl (C=O) groups is 1. The molecule has 0 spiro atoms. The number of rotatable bonds is 7. The zero-order valence-electron chi connectivity index (χ0n) is 18.6. The van der Waals surface area contributed by atoms with Crippen LogP contribution >= 0.6 is 0 Å². The minimum atomic E-state index is -3.51. The third kappa shape index (κ3) is 5.51. The van der Waals surface area contributed by atoms with Crippen LogP contribution in [0, 0.1) is 11.6 Å². The van der Waals surface area contributed by atoms with Gasteiger partial charge in [0.05, 0.1) is 10.6 Å². The van der Waals surface area contributed by atoms with Gasteiger partial charge in [0.1, 0.15) is 11.6 Å². The van der Waals surface area contributed by atoms with Gasteiger partial charge in [0.15, 0.2) is 0 Å². The van der Waals surface area contributed by atoms with Crippen LogP contribution < -0.4 is 5.32 Å². The monoisotopic (exact) mass is 484 g/mol. The van der Waals surface area contributed by atoms with Crippen molar-refractivity contribution in [1.82, 2.24) is 4.31 Å². The Labute approximate surface area is 198 Å². The number of aryl methyl sites for hydroxylation is 1. The number of hydrogen-bond acceptors (Lipinski definition) is 3. The molecule has 0 bridgehead atoms. The number of amides is 1. The molecule has 1 aliphatic rings. The van der Waals surface area contributed by atoms with E-state index in [0.717, 1.165) is 30.9 Å². The van der Waals surface area contributed by atoms with Crippen LogP contribution in [0.3, 0.4) is 0 Å². The number of sulfonamides is 1. The van der Waals surface area contributed by atoms with Gasteiger partial charge in [0, 0.05) is 31.1 Å². The van der Waals surface area contributed by atoms with E-state index in [0.29, 0.717) is 25.1 Å². The second-order valence-electron chi connectivity index (χ2n) is 8.33. The molecule has 1 amide bonds. The summed E-state index contributed by atoms with van der Waals surface area (Å²) >= 11 is 0. The van der Waals surface area contributed by atoms with Crippen molar-refractivity contribution in [3.05, 3.63) is 83.9 Å². The lowest BCUT2D eigenvalue weighted by molar-refractivity contribution is -0.116. The summed E-state index contributed by atoms with van der Waals surface area (Å²) in [5, 5.41) is 2.57. The smallest absolute Gasteiger partial charge is 0.243 e. The second kappa shape index (κ2) is 10.4. The molecule has 3 aromatic rings. The number of nitrogens with zero attached hydrogens (tertiary/aromatic N) is 1. The summed E-state index contributed by atoms with van der Waals surface area (Å²) in [6.45, 7) is 1.07. The van der Waals surface area contributed by atoms with Crippen molar-refractivity contribution < 1.29 is 22.0 Å². The Morgan fingerprint density at radius 1 is 0.912 bits per heavy atom. The molecular weight excluding hydrogens is 458 g/mol. The first-order valence-electron chi connectivity index (χ1n) is 11.3. The topological polar surface area (TPSA) is 66.5 Å². The molecule has 1 N–H and O–H groups in total. The average molecular weight is 485 g/mol. The first kappa shape index (κ1) is 24.0. The summed E-state index contributed by atoms with van der Waals surface area (Å²) in [7, 11) is -3.51. The van der Waals surface area contributed by atoms with Gasteiger partial charge in [-0.25, -0.2) is 17.2 Å². The van der Waals surface area contributed by atoms with Crippen LogP contribution in [-0.4, -0.2) is 31.7 Å². The van der Waals surface area contributed by atoms with Crippen LogP contribution in [0.1, 0.15) is 31.2 Å². The highest BCUT2D eigenvalue weighted by Crippen LogP contribution is 2.31. The van der Waals surface area contributed by atoms with Crippen molar-refractivity contribution in [2.24, 2.45) is 0 Å². The van der Waals surface area contributed by atoms with Crippen molar-refractivity contribution in [2.45, 2.75) is 37.0 Å². The predicted octanol–water partition coefficient (Wildman–Crippen LogP) is 5.38. The molecular formula is C26H26F2N2O3S. The van der Waals surface area contributed by atoms with E-state index in [-0.39, 0.29) is 22.6 Å². The number of nitrogens with one attached hydrogen (secondary N) is 1. The Balaban J connectivity index is 1.42. The maximum absolute atomic E-state index is 14.5. The highest BCUT2D eigenvalue weighted by Gasteiger charge is 2.25. The van der Waals surface area contributed by atoms with Gasteiger partial charge in [-0.15, -0.1) is 0 Å². The lowest BCUT2D eigenvalue weighted by atomic mass is 10.0. The van der Waals surface area contributed by atoms with E-state index in [1.165, 1.54) is 10.4 Å².